The van der Waals surface area contributed by atoms with Crippen LogP contribution in [0.15, 0.2) is 52.9 Å². The van der Waals surface area contributed by atoms with Gasteiger partial charge in [0.1, 0.15) is 5.82 Å². The molecule has 0 saturated carbocycles. The van der Waals surface area contributed by atoms with Crippen molar-refractivity contribution in [1.82, 2.24) is 10.2 Å². The SMILES string of the molecule is O=C(Nc1nnc(-c2ccc(Cl)cc2)o1)c1cccc(F)c1. The number of benzene rings is 2. The first-order valence-corrected chi connectivity index (χ1v) is 6.66. The Kier molecular flexibility index (Phi) is 3.84. The highest BCUT2D eigenvalue weighted by Crippen LogP contribution is 2.22. The molecule has 0 spiro atoms. The van der Waals surface area contributed by atoms with Gasteiger partial charge in [-0.2, -0.15) is 0 Å². The molecule has 2 aromatic carbocycles. The first kappa shape index (κ1) is 14.2. The van der Waals surface area contributed by atoms with E-state index in [4.69, 9.17) is 16.0 Å². The van der Waals surface area contributed by atoms with Gasteiger partial charge in [0.2, 0.25) is 5.89 Å². The van der Waals surface area contributed by atoms with Gasteiger partial charge < -0.3 is 4.42 Å². The molecule has 0 radical (unpaired) electrons. The summed E-state index contributed by atoms with van der Waals surface area (Å²) in [6.07, 6.45) is 0. The van der Waals surface area contributed by atoms with E-state index in [1.54, 1.807) is 24.3 Å². The molecule has 0 aliphatic rings. The van der Waals surface area contributed by atoms with E-state index in [9.17, 15) is 9.18 Å². The van der Waals surface area contributed by atoms with Crippen LogP contribution in [0.4, 0.5) is 10.4 Å². The first-order chi connectivity index (χ1) is 10.6. The van der Waals surface area contributed by atoms with Crippen molar-refractivity contribution >= 4 is 23.5 Å². The zero-order chi connectivity index (χ0) is 15.5. The van der Waals surface area contributed by atoms with E-state index >= 15 is 0 Å². The fourth-order valence-corrected chi connectivity index (χ4v) is 1.91. The first-order valence-electron chi connectivity index (χ1n) is 6.28. The third kappa shape index (κ3) is 3.12. The average Bonchev–Trinajstić information content (AvgIpc) is 2.96. The minimum atomic E-state index is -0.536. The normalized spacial score (nSPS) is 10.5. The molecule has 7 heteroatoms. The van der Waals surface area contributed by atoms with Crippen molar-refractivity contribution in [3.05, 3.63) is 64.9 Å². The number of nitrogens with zero attached hydrogens (tertiary/aromatic N) is 2. The van der Waals surface area contributed by atoms with Gasteiger partial charge in [-0.05, 0) is 42.5 Å². The molecule has 0 bridgehead atoms. The summed E-state index contributed by atoms with van der Waals surface area (Å²) >= 11 is 5.80. The highest BCUT2D eigenvalue weighted by atomic mass is 35.5. The lowest BCUT2D eigenvalue weighted by molar-refractivity contribution is 0.102. The number of anilines is 1. The van der Waals surface area contributed by atoms with E-state index in [2.05, 4.69) is 15.5 Å². The van der Waals surface area contributed by atoms with Gasteiger partial charge in [0, 0.05) is 16.1 Å². The third-order valence-electron chi connectivity index (χ3n) is 2.82. The molecule has 1 heterocycles. The highest BCUT2D eigenvalue weighted by Gasteiger charge is 2.13. The Morgan fingerprint density at radius 2 is 1.91 bits per heavy atom. The van der Waals surface area contributed by atoms with Crippen molar-refractivity contribution in [2.24, 2.45) is 0 Å². The Morgan fingerprint density at radius 3 is 2.64 bits per heavy atom. The fourth-order valence-electron chi connectivity index (χ4n) is 1.78. The number of carbonyl (C=O) groups is 1. The van der Waals surface area contributed by atoms with Crippen LogP contribution in [0.5, 0.6) is 0 Å². The van der Waals surface area contributed by atoms with Crippen LogP contribution in [0, 0.1) is 5.82 Å². The van der Waals surface area contributed by atoms with E-state index in [1.165, 1.54) is 18.2 Å². The van der Waals surface area contributed by atoms with Gasteiger partial charge in [0.15, 0.2) is 0 Å². The molecule has 1 aromatic heterocycles. The Balaban J connectivity index is 1.77. The van der Waals surface area contributed by atoms with Gasteiger partial charge in [-0.15, -0.1) is 5.10 Å². The van der Waals surface area contributed by atoms with Crippen molar-refractivity contribution in [2.75, 3.05) is 5.32 Å². The van der Waals surface area contributed by atoms with E-state index in [0.717, 1.165) is 6.07 Å². The summed E-state index contributed by atoms with van der Waals surface area (Å²) in [4.78, 5) is 11.9. The predicted molar refractivity (Wildman–Crippen MR) is 79.1 cm³/mol. The molecule has 0 saturated heterocycles. The molecule has 5 nitrogen and oxygen atoms in total. The molecule has 3 aromatic rings. The lowest BCUT2D eigenvalue weighted by Crippen LogP contribution is -2.12. The standard InChI is InChI=1S/C15H9ClFN3O2/c16-11-6-4-9(5-7-11)14-19-20-15(22-14)18-13(21)10-2-1-3-12(17)8-10/h1-8H,(H,18,20,21). The van der Waals surface area contributed by atoms with Crippen LogP contribution in [0.3, 0.4) is 0 Å². The number of rotatable bonds is 3. The molecule has 1 amide bonds. The summed E-state index contributed by atoms with van der Waals surface area (Å²) in [6.45, 7) is 0. The zero-order valence-electron chi connectivity index (χ0n) is 11.1. The Morgan fingerprint density at radius 1 is 1.14 bits per heavy atom. The lowest BCUT2D eigenvalue weighted by atomic mass is 10.2. The second-order valence-electron chi connectivity index (χ2n) is 4.38. The lowest BCUT2D eigenvalue weighted by Gasteiger charge is -2.00. The average molecular weight is 318 g/mol. The summed E-state index contributed by atoms with van der Waals surface area (Å²) in [6, 6.07) is 12.0. The van der Waals surface area contributed by atoms with Crippen LogP contribution in [0.2, 0.25) is 5.02 Å². The number of carbonyl (C=O) groups excluding carboxylic acids is 1. The van der Waals surface area contributed by atoms with Crippen molar-refractivity contribution < 1.29 is 13.6 Å². The largest absolute Gasteiger partial charge is 0.403 e. The van der Waals surface area contributed by atoms with Crippen LogP contribution in [0.25, 0.3) is 11.5 Å². The molecular formula is C15H9ClFN3O2. The van der Waals surface area contributed by atoms with Gasteiger partial charge in [0.25, 0.3) is 5.91 Å². The zero-order valence-corrected chi connectivity index (χ0v) is 11.8. The van der Waals surface area contributed by atoms with Gasteiger partial charge >= 0.3 is 6.01 Å². The Bertz CT molecular complexity index is 818. The highest BCUT2D eigenvalue weighted by molar-refractivity contribution is 6.30. The Labute approximate surface area is 129 Å². The molecular weight excluding hydrogens is 309 g/mol. The summed E-state index contributed by atoms with van der Waals surface area (Å²) in [5, 5.41) is 10.6. The van der Waals surface area contributed by atoms with Gasteiger partial charge in [-0.1, -0.05) is 22.8 Å². The predicted octanol–water partition coefficient (Wildman–Crippen LogP) is 3.78. The summed E-state index contributed by atoms with van der Waals surface area (Å²) < 4.78 is 18.4. The topological polar surface area (TPSA) is 68.0 Å². The van der Waals surface area contributed by atoms with Crippen LogP contribution < -0.4 is 5.32 Å². The second kappa shape index (κ2) is 5.95. The second-order valence-corrected chi connectivity index (χ2v) is 4.82. The van der Waals surface area contributed by atoms with Crippen LogP contribution >= 0.6 is 11.6 Å². The minimum absolute atomic E-state index is 0.0702. The molecule has 1 N–H and O–H groups in total. The van der Waals surface area contributed by atoms with E-state index in [1.807, 2.05) is 0 Å². The smallest absolute Gasteiger partial charge is 0.322 e. The molecule has 0 unspecified atom stereocenters. The Hall–Kier alpha value is -2.73. The van der Waals surface area contributed by atoms with Crippen LogP contribution in [0.1, 0.15) is 10.4 Å². The quantitative estimate of drug-likeness (QED) is 0.798. The molecule has 22 heavy (non-hydrogen) atoms. The molecule has 3 rings (SSSR count). The fraction of sp³-hybridized carbons (Fsp3) is 0. The third-order valence-corrected chi connectivity index (χ3v) is 3.08. The minimum Gasteiger partial charge on any atom is -0.403 e. The molecule has 0 fully saturated rings. The van der Waals surface area contributed by atoms with Crippen molar-refractivity contribution in [3.8, 4) is 11.5 Å². The number of aromatic nitrogens is 2. The molecule has 0 aliphatic heterocycles. The maximum Gasteiger partial charge on any atom is 0.322 e. The van der Waals surface area contributed by atoms with E-state index in [-0.39, 0.29) is 17.5 Å². The van der Waals surface area contributed by atoms with Crippen molar-refractivity contribution in [2.45, 2.75) is 0 Å². The number of hydrogen-bond acceptors (Lipinski definition) is 4. The number of hydrogen-bond donors (Lipinski definition) is 1. The van der Waals surface area contributed by atoms with E-state index in [0.29, 0.717) is 10.6 Å². The summed E-state index contributed by atoms with van der Waals surface area (Å²) in [5.74, 6) is -0.794. The maximum atomic E-state index is 13.1. The van der Waals surface area contributed by atoms with Crippen molar-refractivity contribution in [3.63, 3.8) is 0 Å². The number of halogens is 2. The molecule has 0 aliphatic carbocycles. The van der Waals surface area contributed by atoms with Gasteiger partial charge in [-0.25, -0.2) is 4.39 Å². The number of nitrogens with one attached hydrogen (secondary N) is 1. The summed E-state index contributed by atoms with van der Waals surface area (Å²) in [7, 11) is 0. The molecule has 0 atom stereocenters. The van der Waals surface area contributed by atoms with Crippen molar-refractivity contribution in [1.29, 1.82) is 0 Å². The summed E-state index contributed by atoms with van der Waals surface area (Å²) in [5.41, 5.74) is 0.828. The number of amides is 1. The molecule has 110 valence electrons. The monoisotopic (exact) mass is 317 g/mol. The van der Waals surface area contributed by atoms with Gasteiger partial charge in [0.05, 0.1) is 0 Å². The van der Waals surface area contributed by atoms with E-state index < -0.39 is 11.7 Å². The van der Waals surface area contributed by atoms with Crippen LogP contribution in [-0.2, 0) is 0 Å². The maximum absolute atomic E-state index is 13.1. The van der Waals surface area contributed by atoms with Gasteiger partial charge in [-0.3, -0.25) is 10.1 Å². The van der Waals surface area contributed by atoms with Crippen LogP contribution in [-0.4, -0.2) is 16.1 Å².